The lowest BCUT2D eigenvalue weighted by Crippen LogP contribution is -1.85. The van der Waals surface area contributed by atoms with Crippen LogP contribution in [0.4, 0.5) is 11.6 Å². The molecule has 0 aliphatic carbocycles. The summed E-state index contributed by atoms with van der Waals surface area (Å²) in [6, 6.07) is 0.537. The maximum Gasteiger partial charge on any atom is 0.443 e. The Morgan fingerprint density at radius 2 is 1.92 bits per heavy atom. The number of hydrogen-bond donors (Lipinski definition) is 1. The molecule has 0 aliphatic heterocycles. The molecule has 12 heavy (non-hydrogen) atoms. The lowest BCUT2D eigenvalue weighted by atomic mass is 10.5. The molecule has 0 spiro atoms. The van der Waals surface area contributed by atoms with Gasteiger partial charge in [0.2, 0.25) is 0 Å². The molecular formula is C4H2N2O6. The summed E-state index contributed by atoms with van der Waals surface area (Å²) in [5, 5.41) is 28.6. The van der Waals surface area contributed by atoms with Gasteiger partial charge in [-0.2, -0.15) is 0 Å². The molecule has 1 rings (SSSR count). The summed E-state index contributed by atoms with van der Waals surface area (Å²) < 4.78 is 4.05. The van der Waals surface area contributed by atoms with Gasteiger partial charge in [-0.25, -0.2) is 0 Å². The molecule has 0 atom stereocenters. The van der Waals surface area contributed by atoms with Crippen molar-refractivity contribution in [3.8, 4) is 5.95 Å². The Morgan fingerprint density at radius 1 is 1.33 bits per heavy atom. The average molecular weight is 174 g/mol. The van der Waals surface area contributed by atoms with Crippen LogP contribution in [0.5, 0.6) is 5.95 Å². The second kappa shape index (κ2) is 2.49. The van der Waals surface area contributed by atoms with E-state index in [1.165, 1.54) is 0 Å². The van der Waals surface area contributed by atoms with Crippen molar-refractivity contribution < 1.29 is 19.4 Å². The number of nitro groups is 2. The highest BCUT2D eigenvalue weighted by Gasteiger charge is 2.26. The van der Waals surface area contributed by atoms with Crippen molar-refractivity contribution in [3.05, 3.63) is 26.3 Å². The molecule has 0 fully saturated rings. The molecule has 8 heteroatoms. The smallest absolute Gasteiger partial charge is 0.443 e. The fourth-order valence-electron chi connectivity index (χ4n) is 0.580. The molecule has 1 N–H and O–H groups in total. The Kier molecular flexibility index (Phi) is 1.66. The molecule has 0 amide bonds. The summed E-state index contributed by atoms with van der Waals surface area (Å²) in [6.07, 6.45) is 0. The van der Waals surface area contributed by atoms with Crippen LogP contribution in [0.3, 0.4) is 0 Å². The third kappa shape index (κ3) is 1.17. The molecule has 0 saturated carbocycles. The van der Waals surface area contributed by atoms with Crippen LogP contribution in [-0.2, 0) is 0 Å². The van der Waals surface area contributed by atoms with Gasteiger partial charge in [0.15, 0.2) is 0 Å². The van der Waals surface area contributed by atoms with Crippen molar-refractivity contribution in [2.75, 3.05) is 0 Å². The van der Waals surface area contributed by atoms with E-state index in [4.69, 9.17) is 5.11 Å². The first-order valence-electron chi connectivity index (χ1n) is 2.64. The van der Waals surface area contributed by atoms with Crippen molar-refractivity contribution in [1.29, 1.82) is 0 Å². The zero-order chi connectivity index (χ0) is 9.30. The molecule has 0 saturated heterocycles. The van der Waals surface area contributed by atoms with Gasteiger partial charge in [0.05, 0.1) is 4.92 Å². The van der Waals surface area contributed by atoms with Crippen LogP contribution >= 0.6 is 0 Å². The number of rotatable bonds is 2. The van der Waals surface area contributed by atoms with E-state index in [1.807, 2.05) is 0 Å². The van der Waals surface area contributed by atoms with Gasteiger partial charge in [-0.05, 0) is 0 Å². The van der Waals surface area contributed by atoms with E-state index in [2.05, 4.69) is 4.42 Å². The Morgan fingerprint density at radius 3 is 2.17 bits per heavy atom. The van der Waals surface area contributed by atoms with Crippen molar-refractivity contribution in [2.24, 2.45) is 0 Å². The minimum Gasteiger partial charge on any atom is -0.476 e. The highest BCUT2D eigenvalue weighted by Crippen LogP contribution is 2.33. The van der Waals surface area contributed by atoms with Crippen LogP contribution in [0.2, 0.25) is 0 Å². The topological polar surface area (TPSA) is 120 Å². The summed E-state index contributed by atoms with van der Waals surface area (Å²) in [5.41, 5.74) is -0.818. The maximum atomic E-state index is 10.0. The number of aromatic hydroxyl groups is 1. The predicted octanol–water partition coefficient (Wildman–Crippen LogP) is 0.802. The predicted molar refractivity (Wildman–Crippen MR) is 33.7 cm³/mol. The van der Waals surface area contributed by atoms with Crippen LogP contribution in [0.15, 0.2) is 10.5 Å². The maximum absolute atomic E-state index is 10.0. The molecule has 1 aromatic heterocycles. The summed E-state index contributed by atoms with van der Waals surface area (Å²) in [6.45, 7) is 0. The number of nitrogens with zero attached hydrogens (tertiary/aromatic N) is 2. The van der Waals surface area contributed by atoms with Crippen molar-refractivity contribution in [1.82, 2.24) is 0 Å². The van der Waals surface area contributed by atoms with Gasteiger partial charge in [0.25, 0.3) is 0 Å². The van der Waals surface area contributed by atoms with Crippen LogP contribution in [0, 0.1) is 20.2 Å². The van der Waals surface area contributed by atoms with Crippen LogP contribution in [-0.4, -0.2) is 15.0 Å². The average Bonchev–Trinajstić information content (AvgIpc) is 2.30. The van der Waals surface area contributed by atoms with E-state index in [-0.39, 0.29) is 0 Å². The van der Waals surface area contributed by atoms with Gasteiger partial charge in [0.1, 0.15) is 11.0 Å². The molecular weight excluding hydrogens is 172 g/mol. The van der Waals surface area contributed by atoms with Crippen LogP contribution < -0.4 is 0 Å². The fourth-order valence-corrected chi connectivity index (χ4v) is 0.580. The summed E-state index contributed by atoms with van der Waals surface area (Å²) in [4.78, 5) is 18.0. The first-order chi connectivity index (χ1) is 5.52. The highest BCUT2D eigenvalue weighted by molar-refractivity contribution is 5.44. The number of hydrogen-bond acceptors (Lipinski definition) is 6. The van der Waals surface area contributed by atoms with Gasteiger partial charge in [-0.1, -0.05) is 0 Å². The summed E-state index contributed by atoms with van der Waals surface area (Å²) in [7, 11) is 0. The Bertz CT molecular complexity index is 341. The molecule has 1 heterocycles. The monoisotopic (exact) mass is 174 g/mol. The van der Waals surface area contributed by atoms with E-state index in [0.29, 0.717) is 6.07 Å². The van der Waals surface area contributed by atoms with Gasteiger partial charge in [-0.3, -0.25) is 20.2 Å². The normalized spacial score (nSPS) is 9.67. The number of furan rings is 1. The Labute approximate surface area is 64.3 Å². The molecule has 64 valence electrons. The van der Waals surface area contributed by atoms with Crippen molar-refractivity contribution in [2.45, 2.75) is 0 Å². The molecule has 8 nitrogen and oxygen atoms in total. The Hall–Kier alpha value is -2.12. The molecule has 1 aromatic rings. The minimum atomic E-state index is -1.06. The zero-order valence-electron chi connectivity index (χ0n) is 5.46. The first kappa shape index (κ1) is 7.98. The highest BCUT2D eigenvalue weighted by atomic mass is 16.7. The van der Waals surface area contributed by atoms with Crippen molar-refractivity contribution in [3.63, 3.8) is 0 Å². The fraction of sp³-hybridized carbons (Fsp3) is 0. The Balaban J connectivity index is 3.17. The molecule has 0 aliphatic rings. The first-order valence-corrected chi connectivity index (χ1v) is 2.64. The third-order valence-corrected chi connectivity index (χ3v) is 1.06. The SMILES string of the molecule is O=[N+]([O-])c1cc([N+](=O)[O-])c(O)o1. The molecule has 0 unspecified atom stereocenters. The van der Waals surface area contributed by atoms with E-state index in [0.717, 1.165) is 0 Å². The minimum absolute atomic E-state index is 0.537. The lowest BCUT2D eigenvalue weighted by Gasteiger charge is -1.80. The van der Waals surface area contributed by atoms with Gasteiger partial charge in [-0.15, -0.1) is 0 Å². The third-order valence-electron chi connectivity index (χ3n) is 1.06. The standard InChI is InChI=1S/C4H2N2O6/c7-4-2(5(8)9)1-3(12-4)6(10)11/h1,7H. The van der Waals surface area contributed by atoms with Gasteiger partial charge in [0, 0.05) is 0 Å². The quantitative estimate of drug-likeness (QED) is 0.522. The molecule has 0 aromatic carbocycles. The van der Waals surface area contributed by atoms with E-state index >= 15 is 0 Å². The van der Waals surface area contributed by atoms with Gasteiger partial charge < -0.3 is 9.52 Å². The van der Waals surface area contributed by atoms with Gasteiger partial charge >= 0.3 is 17.5 Å². The van der Waals surface area contributed by atoms with E-state index in [1.54, 1.807) is 0 Å². The van der Waals surface area contributed by atoms with E-state index < -0.39 is 27.4 Å². The van der Waals surface area contributed by atoms with Crippen LogP contribution in [0.1, 0.15) is 0 Å². The van der Waals surface area contributed by atoms with Crippen molar-refractivity contribution >= 4 is 11.6 Å². The molecule has 0 radical (unpaired) electrons. The largest absolute Gasteiger partial charge is 0.476 e. The summed E-state index contributed by atoms with van der Waals surface area (Å²) in [5.74, 6) is -1.93. The zero-order valence-corrected chi connectivity index (χ0v) is 5.46. The lowest BCUT2D eigenvalue weighted by molar-refractivity contribution is -0.403. The van der Waals surface area contributed by atoms with E-state index in [9.17, 15) is 20.2 Å². The van der Waals surface area contributed by atoms with Crippen LogP contribution in [0.25, 0.3) is 0 Å². The summed E-state index contributed by atoms with van der Waals surface area (Å²) >= 11 is 0. The second-order valence-electron chi connectivity index (χ2n) is 1.79. The molecule has 0 bridgehead atoms. The second-order valence-corrected chi connectivity index (χ2v) is 1.79.